The first-order valence-corrected chi connectivity index (χ1v) is 12.8. The van der Waals surface area contributed by atoms with Gasteiger partial charge in [0.25, 0.3) is 11.8 Å². The Hall–Kier alpha value is -3.52. The van der Waals surface area contributed by atoms with E-state index >= 15 is 0 Å². The second-order valence-electron chi connectivity index (χ2n) is 9.27. The molecule has 1 saturated heterocycles. The van der Waals surface area contributed by atoms with Gasteiger partial charge in [-0.3, -0.25) is 9.59 Å². The van der Waals surface area contributed by atoms with Crippen LogP contribution in [-0.2, 0) is 6.54 Å². The van der Waals surface area contributed by atoms with Crippen LogP contribution in [-0.4, -0.2) is 44.6 Å². The van der Waals surface area contributed by atoms with Crippen LogP contribution < -0.4 is 5.32 Å². The first-order valence-electron chi connectivity index (χ1n) is 12.0. The molecule has 0 radical (unpaired) electrons. The van der Waals surface area contributed by atoms with E-state index in [0.29, 0.717) is 23.3 Å². The quantitative estimate of drug-likeness (QED) is 0.405. The van der Waals surface area contributed by atoms with Gasteiger partial charge in [-0.25, -0.2) is 9.67 Å². The second-order valence-corrected chi connectivity index (χ2v) is 10.6. The van der Waals surface area contributed by atoms with Crippen molar-refractivity contribution in [2.75, 3.05) is 13.1 Å². The second kappa shape index (κ2) is 9.62. The van der Waals surface area contributed by atoms with Gasteiger partial charge >= 0.3 is 0 Å². The van der Waals surface area contributed by atoms with E-state index in [2.05, 4.69) is 23.4 Å². The number of thiophene rings is 1. The average Bonchev–Trinajstić information content (AvgIpc) is 3.62. The van der Waals surface area contributed by atoms with Crippen LogP contribution in [0.2, 0.25) is 0 Å². The number of nitrogens with one attached hydrogen (secondary N) is 1. The zero-order chi connectivity index (χ0) is 24.5. The van der Waals surface area contributed by atoms with Crippen LogP contribution in [0.5, 0.6) is 0 Å². The van der Waals surface area contributed by atoms with Crippen molar-refractivity contribution in [1.82, 2.24) is 25.0 Å². The number of carbonyl (C=O) groups excluding carboxylic acids is 2. The maximum absolute atomic E-state index is 13.4. The van der Waals surface area contributed by atoms with Crippen LogP contribution in [0.15, 0.2) is 48.7 Å². The molecule has 0 aliphatic carbocycles. The number of amides is 2. The number of pyridine rings is 1. The fourth-order valence-electron chi connectivity index (χ4n) is 4.48. The van der Waals surface area contributed by atoms with Crippen LogP contribution in [0.4, 0.5) is 0 Å². The summed E-state index contributed by atoms with van der Waals surface area (Å²) in [6.45, 7) is 8.11. The number of likely N-dealkylation sites (tertiary alicyclic amines) is 1. The van der Waals surface area contributed by atoms with Gasteiger partial charge in [0.05, 0.1) is 27.7 Å². The summed E-state index contributed by atoms with van der Waals surface area (Å²) in [5.41, 5.74) is 3.57. The van der Waals surface area contributed by atoms with Crippen LogP contribution >= 0.6 is 11.3 Å². The summed E-state index contributed by atoms with van der Waals surface area (Å²) in [4.78, 5) is 35.1. The minimum Gasteiger partial charge on any atom is -0.348 e. The molecular weight excluding hydrogens is 458 g/mol. The molecule has 1 aliphatic heterocycles. The van der Waals surface area contributed by atoms with Crippen LogP contribution in [0.1, 0.15) is 63.9 Å². The van der Waals surface area contributed by atoms with Gasteiger partial charge in [0.2, 0.25) is 0 Å². The number of aryl methyl sites for hydroxylation is 1. The maximum Gasteiger partial charge on any atom is 0.253 e. The molecule has 0 atom stereocenters. The topological polar surface area (TPSA) is 80.1 Å². The molecule has 0 saturated carbocycles. The molecule has 1 fully saturated rings. The molecule has 1 N–H and O–H groups in total. The summed E-state index contributed by atoms with van der Waals surface area (Å²) in [5, 5.41) is 8.27. The third-order valence-electron chi connectivity index (χ3n) is 6.31. The van der Waals surface area contributed by atoms with E-state index in [-0.39, 0.29) is 17.9 Å². The molecule has 0 unspecified atom stereocenters. The number of benzene rings is 1. The summed E-state index contributed by atoms with van der Waals surface area (Å²) < 4.78 is 1.85. The third kappa shape index (κ3) is 4.71. The van der Waals surface area contributed by atoms with E-state index in [1.807, 2.05) is 59.8 Å². The van der Waals surface area contributed by atoms with E-state index in [1.54, 1.807) is 17.5 Å². The van der Waals surface area contributed by atoms with E-state index in [1.165, 1.54) is 4.88 Å². The van der Waals surface area contributed by atoms with Crippen molar-refractivity contribution < 1.29 is 9.59 Å². The van der Waals surface area contributed by atoms with Crippen molar-refractivity contribution >= 4 is 34.2 Å². The first kappa shape index (κ1) is 23.2. The van der Waals surface area contributed by atoms with Gasteiger partial charge < -0.3 is 10.2 Å². The molecule has 5 rings (SSSR count). The molecule has 2 amide bonds. The van der Waals surface area contributed by atoms with Crippen molar-refractivity contribution in [1.29, 1.82) is 0 Å². The van der Waals surface area contributed by atoms with Crippen molar-refractivity contribution in [3.8, 4) is 10.6 Å². The molecule has 180 valence electrons. The van der Waals surface area contributed by atoms with E-state index in [9.17, 15) is 9.59 Å². The lowest BCUT2D eigenvalue weighted by molar-refractivity contribution is 0.0792. The van der Waals surface area contributed by atoms with Gasteiger partial charge in [0.1, 0.15) is 0 Å². The highest BCUT2D eigenvalue weighted by molar-refractivity contribution is 7.15. The lowest BCUT2D eigenvalue weighted by Crippen LogP contribution is -2.28. The highest BCUT2D eigenvalue weighted by Crippen LogP contribution is 2.30. The number of fused-ring (bicyclic) bond motifs is 1. The molecule has 1 aliphatic rings. The zero-order valence-electron chi connectivity index (χ0n) is 20.2. The van der Waals surface area contributed by atoms with Gasteiger partial charge in [-0.1, -0.05) is 12.1 Å². The van der Waals surface area contributed by atoms with Crippen LogP contribution in [0.3, 0.4) is 0 Å². The number of hydrogen-bond donors (Lipinski definition) is 1. The SMILES string of the molecule is Cc1ccc(-c2cc(C(=O)NCc3cccc(C(=O)N4CCCC4)c3)c3cnn(C(C)C)c3n2)s1. The largest absolute Gasteiger partial charge is 0.348 e. The highest BCUT2D eigenvalue weighted by Gasteiger charge is 2.21. The number of aromatic nitrogens is 3. The predicted octanol–water partition coefficient (Wildman–Crippen LogP) is 5.22. The molecule has 4 aromatic rings. The molecule has 35 heavy (non-hydrogen) atoms. The molecule has 0 bridgehead atoms. The third-order valence-corrected chi connectivity index (χ3v) is 7.34. The summed E-state index contributed by atoms with van der Waals surface area (Å²) in [6.07, 6.45) is 3.83. The van der Waals surface area contributed by atoms with Gasteiger partial charge in [0.15, 0.2) is 5.65 Å². The lowest BCUT2D eigenvalue weighted by atomic mass is 10.1. The molecule has 8 heteroatoms. The Bertz CT molecular complexity index is 1400. The maximum atomic E-state index is 13.4. The molecule has 3 aromatic heterocycles. The van der Waals surface area contributed by atoms with Gasteiger partial charge in [0, 0.05) is 36.1 Å². The average molecular weight is 488 g/mol. The fraction of sp³-hybridized carbons (Fsp3) is 0.333. The van der Waals surface area contributed by atoms with Gasteiger partial charge in [-0.2, -0.15) is 5.10 Å². The monoisotopic (exact) mass is 487 g/mol. The molecule has 0 spiro atoms. The Morgan fingerprint density at radius 2 is 1.91 bits per heavy atom. The van der Waals surface area contributed by atoms with Crippen molar-refractivity contribution in [2.24, 2.45) is 0 Å². The Morgan fingerprint density at radius 3 is 2.63 bits per heavy atom. The summed E-state index contributed by atoms with van der Waals surface area (Å²) in [7, 11) is 0. The summed E-state index contributed by atoms with van der Waals surface area (Å²) in [5.74, 6) is -0.130. The summed E-state index contributed by atoms with van der Waals surface area (Å²) >= 11 is 1.65. The first-order chi connectivity index (χ1) is 16.9. The van der Waals surface area contributed by atoms with Gasteiger partial charge in [-0.05, 0) is 69.5 Å². The van der Waals surface area contributed by atoms with E-state index in [0.717, 1.165) is 47.5 Å². The lowest BCUT2D eigenvalue weighted by Gasteiger charge is -2.16. The van der Waals surface area contributed by atoms with Crippen LogP contribution in [0, 0.1) is 6.92 Å². The Labute approximate surface area is 208 Å². The molecule has 1 aromatic carbocycles. The van der Waals surface area contributed by atoms with E-state index in [4.69, 9.17) is 4.98 Å². The molecule has 7 nitrogen and oxygen atoms in total. The standard InChI is InChI=1S/C27H29N5O2S/c1-17(2)32-25-22(16-29-32)21(14-23(30-25)24-10-9-18(3)35-24)26(33)28-15-19-7-6-8-20(13-19)27(34)31-11-4-5-12-31/h6-10,13-14,16-17H,4-5,11-12,15H2,1-3H3,(H,28,33). The number of nitrogens with zero attached hydrogens (tertiary/aromatic N) is 4. The zero-order valence-corrected chi connectivity index (χ0v) is 21.1. The minimum absolute atomic E-state index is 0.0588. The van der Waals surface area contributed by atoms with E-state index < -0.39 is 0 Å². The number of carbonyl (C=O) groups is 2. The van der Waals surface area contributed by atoms with Gasteiger partial charge in [-0.15, -0.1) is 11.3 Å². The Balaban J connectivity index is 1.42. The summed E-state index contributed by atoms with van der Waals surface area (Å²) in [6, 6.07) is 13.6. The normalized spacial score (nSPS) is 13.7. The Kier molecular flexibility index (Phi) is 6.38. The number of hydrogen-bond acceptors (Lipinski definition) is 5. The smallest absolute Gasteiger partial charge is 0.253 e. The fourth-order valence-corrected chi connectivity index (χ4v) is 5.31. The highest BCUT2D eigenvalue weighted by atomic mass is 32.1. The minimum atomic E-state index is -0.188. The van der Waals surface area contributed by atoms with Crippen molar-refractivity contribution in [3.05, 3.63) is 70.2 Å². The number of rotatable bonds is 6. The van der Waals surface area contributed by atoms with Crippen LogP contribution in [0.25, 0.3) is 21.6 Å². The molecular formula is C27H29N5O2S. The molecule has 4 heterocycles. The van der Waals surface area contributed by atoms with Crippen molar-refractivity contribution in [3.63, 3.8) is 0 Å². The van der Waals surface area contributed by atoms with Crippen molar-refractivity contribution in [2.45, 2.75) is 46.2 Å². The predicted molar refractivity (Wildman–Crippen MR) is 139 cm³/mol. The Morgan fingerprint density at radius 1 is 1.11 bits per heavy atom.